The number of allylic oxidation sites excluding steroid dienone is 1. The predicted molar refractivity (Wildman–Crippen MR) is 141 cm³/mol. The normalized spacial score (nSPS) is 29.0. The van der Waals surface area contributed by atoms with Crippen molar-refractivity contribution in [3.63, 3.8) is 0 Å². The van der Waals surface area contributed by atoms with E-state index in [1.54, 1.807) is 0 Å². The summed E-state index contributed by atoms with van der Waals surface area (Å²) in [6.45, 7) is 17.0. The fraction of sp³-hybridized carbons (Fsp3) is 0.643. The van der Waals surface area contributed by atoms with E-state index in [1.807, 2.05) is 6.34 Å². The van der Waals surface area contributed by atoms with Crippen LogP contribution in [0.4, 0.5) is 5.69 Å². The third kappa shape index (κ3) is 4.08. The van der Waals surface area contributed by atoms with Crippen molar-refractivity contribution in [2.45, 2.75) is 78.3 Å². The third-order valence-corrected chi connectivity index (χ3v) is 8.19. The van der Waals surface area contributed by atoms with Crippen LogP contribution in [0, 0.1) is 24.7 Å². The minimum atomic E-state index is -0.167. The lowest BCUT2D eigenvalue weighted by Gasteiger charge is -2.25. The van der Waals surface area contributed by atoms with Gasteiger partial charge in [-0.05, 0) is 53.9 Å². The van der Waals surface area contributed by atoms with E-state index in [-0.39, 0.29) is 17.0 Å². The first kappa shape index (κ1) is 23.8. The standard InChI is InChI=1S/C28H43N5/c1-10-18(2)13-14-32(8)23-15-20(4)24-25(28(24)26(31-23)29-17-33(28)9)30-22-16-21(27(5,6)7)12-11-19(22)3/h11-12,15-18,20,24-25,30H,10,13-14H2,1-9H3. The molecule has 0 amide bonds. The summed E-state index contributed by atoms with van der Waals surface area (Å²) in [4.78, 5) is 14.6. The van der Waals surface area contributed by atoms with Crippen LogP contribution in [-0.2, 0) is 5.41 Å². The minimum absolute atomic E-state index is 0.126. The van der Waals surface area contributed by atoms with Gasteiger partial charge in [0.2, 0.25) is 0 Å². The molecule has 5 atom stereocenters. The molecular weight excluding hydrogens is 406 g/mol. The number of benzene rings is 1. The van der Waals surface area contributed by atoms with Gasteiger partial charge in [-0.2, -0.15) is 0 Å². The van der Waals surface area contributed by atoms with Crippen molar-refractivity contribution < 1.29 is 0 Å². The van der Waals surface area contributed by atoms with E-state index >= 15 is 0 Å². The van der Waals surface area contributed by atoms with Crippen molar-refractivity contribution >= 4 is 17.9 Å². The second-order valence-corrected chi connectivity index (χ2v) is 11.7. The van der Waals surface area contributed by atoms with Gasteiger partial charge >= 0.3 is 0 Å². The molecule has 2 aliphatic heterocycles. The van der Waals surface area contributed by atoms with Crippen LogP contribution in [0.2, 0.25) is 0 Å². The van der Waals surface area contributed by atoms with Gasteiger partial charge in [-0.3, -0.25) is 0 Å². The second-order valence-electron chi connectivity index (χ2n) is 11.7. The molecule has 1 aliphatic carbocycles. The molecule has 0 radical (unpaired) electrons. The summed E-state index contributed by atoms with van der Waals surface area (Å²) < 4.78 is 0. The number of anilines is 1. The molecule has 5 unspecified atom stereocenters. The maximum absolute atomic E-state index is 5.15. The largest absolute Gasteiger partial charge is 0.379 e. The van der Waals surface area contributed by atoms with Crippen molar-refractivity contribution in [1.29, 1.82) is 0 Å². The van der Waals surface area contributed by atoms with Gasteiger partial charge < -0.3 is 15.1 Å². The van der Waals surface area contributed by atoms with E-state index in [4.69, 9.17) is 9.98 Å². The van der Waals surface area contributed by atoms with Gasteiger partial charge in [-0.1, -0.05) is 60.1 Å². The number of hydrogen-bond donors (Lipinski definition) is 1. The number of amidine groups is 1. The number of nitrogens with one attached hydrogen (secondary N) is 1. The third-order valence-electron chi connectivity index (χ3n) is 8.19. The Morgan fingerprint density at radius 3 is 2.67 bits per heavy atom. The van der Waals surface area contributed by atoms with Crippen LogP contribution in [-0.4, -0.2) is 54.2 Å². The summed E-state index contributed by atoms with van der Waals surface area (Å²) in [5.41, 5.74) is 3.84. The fourth-order valence-electron chi connectivity index (χ4n) is 5.51. The van der Waals surface area contributed by atoms with Crippen LogP contribution in [0.25, 0.3) is 0 Å². The molecule has 1 aromatic carbocycles. The van der Waals surface area contributed by atoms with Crippen molar-refractivity contribution in [2.75, 3.05) is 26.0 Å². The molecule has 2 heterocycles. The first-order valence-corrected chi connectivity index (χ1v) is 12.7. The average Bonchev–Trinajstić information content (AvgIpc) is 3.35. The summed E-state index contributed by atoms with van der Waals surface area (Å²) in [6, 6.07) is 7.13. The highest BCUT2D eigenvalue weighted by atomic mass is 15.4. The van der Waals surface area contributed by atoms with Gasteiger partial charge in [-0.25, -0.2) is 9.98 Å². The summed E-state index contributed by atoms with van der Waals surface area (Å²) >= 11 is 0. The van der Waals surface area contributed by atoms with Gasteiger partial charge in [0.25, 0.3) is 0 Å². The van der Waals surface area contributed by atoms with Gasteiger partial charge in [0.1, 0.15) is 11.4 Å². The zero-order valence-corrected chi connectivity index (χ0v) is 22.1. The highest BCUT2D eigenvalue weighted by Crippen LogP contribution is 2.58. The van der Waals surface area contributed by atoms with Crippen LogP contribution in [0.5, 0.6) is 0 Å². The predicted octanol–water partition coefficient (Wildman–Crippen LogP) is 5.67. The number of hydrogen-bond acceptors (Lipinski definition) is 5. The number of aliphatic imine (C=N–C) groups is 2. The van der Waals surface area contributed by atoms with Crippen molar-refractivity contribution in [2.24, 2.45) is 27.7 Å². The van der Waals surface area contributed by atoms with Crippen molar-refractivity contribution in [1.82, 2.24) is 9.80 Å². The monoisotopic (exact) mass is 449 g/mol. The Bertz CT molecular complexity index is 984. The molecule has 3 aliphatic rings. The number of aryl methyl sites for hydroxylation is 1. The molecule has 1 N–H and O–H groups in total. The van der Waals surface area contributed by atoms with Crippen LogP contribution in [0.1, 0.15) is 65.5 Å². The van der Waals surface area contributed by atoms with Crippen LogP contribution in [0.3, 0.4) is 0 Å². The molecule has 1 fully saturated rings. The number of rotatable bonds is 7. The van der Waals surface area contributed by atoms with Crippen LogP contribution < -0.4 is 5.32 Å². The summed E-state index contributed by atoms with van der Waals surface area (Å²) in [7, 11) is 4.33. The van der Waals surface area contributed by atoms with E-state index in [9.17, 15) is 0 Å². The van der Waals surface area contributed by atoms with E-state index in [0.29, 0.717) is 11.8 Å². The first-order valence-electron chi connectivity index (χ1n) is 12.7. The number of nitrogens with zero attached hydrogens (tertiary/aromatic N) is 4. The molecule has 1 spiro atoms. The van der Waals surface area contributed by atoms with E-state index < -0.39 is 0 Å². The van der Waals surface area contributed by atoms with Crippen LogP contribution >= 0.6 is 0 Å². The molecule has 180 valence electrons. The van der Waals surface area contributed by atoms with E-state index in [2.05, 4.69) is 102 Å². The quantitative estimate of drug-likeness (QED) is 0.583. The van der Waals surface area contributed by atoms with Gasteiger partial charge in [0.05, 0.1) is 12.4 Å². The highest BCUT2D eigenvalue weighted by molar-refractivity contribution is 6.07. The lowest BCUT2D eigenvalue weighted by molar-refractivity contribution is 0.357. The first-order chi connectivity index (χ1) is 15.5. The molecule has 5 heteroatoms. The van der Waals surface area contributed by atoms with Crippen molar-refractivity contribution in [3.05, 3.63) is 41.2 Å². The summed E-state index contributed by atoms with van der Waals surface area (Å²) in [5, 5.41) is 3.94. The maximum atomic E-state index is 5.15. The lowest BCUT2D eigenvalue weighted by Crippen LogP contribution is -2.40. The topological polar surface area (TPSA) is 43.2 Å². The second kappa shape index (κ2) is 8.48. The fourth-order valence-corrected chi connectivity index (χ4v) is 5.51. The van der Waals surface area contributed by atoms with Crippen LogP contribution in [0.15, 0.2) is 40.1 Å². The Labute approximate surface area is 201 Å². The molecule has 1 saturated carbocycles. The molecule has 0 aromatic heterocycles. The maximum Gasteiger partial charge on any atom is 0.160 e. The molecule has 0 bridgehead atoms. The molecule has 0 saturated heterocycles. The zero-order valence-electron chi connectivity index (χ0n) is 22.1. The average molecular weight is 450 g/mol. The zero-order chi connectivity index (χ0) is 24.1. The SMILES string of the molecule is CCC(C)CCN(C)C1=CC(C)C2C(Nc3cc(C(C)(C)C)ccc3C)C23C(=N1)N=CN3C. The Hall–Kier alpha value is -2.30. The summed E-state index contributed by atoms with van der Waals surface area (Å²) in [5.74, 6) is 3.61. The van der Waals surface area contributed by atoms with Gasteiger partial charge in [-0.15, -0.1) is 0 Å². The minimum Gasteiger partial charge on any atom is -0.379 e. The molecular formula is C28H43N5. The molecule has 33 heavy (non-hydrogen) atoms. The van der Waals surface area contributed by atoms with E-state index in [1.165, 1.54) is 29.7 Å². The smallest absolute Gasteiger partial charge is 0.160 e. The Morgan fingerprint density at radius 2 is 2.00 bits per heavy atom. The summed E-state index contributed by atoms with van der Waals surface area (Å²) in [6.07, 6.45) is 6.76. The molecule has 5 nitrogen and oxygen atoms in total. The Balaban J connectivity index is 1.61. The Morgan fingerprint density at radius 1 is 1.27 bits per heavy atom. The van der Waals surface area contributed by atoms with Gasteiger partial charge in [0, 0.05) is 32.2 Å². The lowest BCUT2D eigenvalue weighted by atomic mass is 9.86. The number of likely N-dealkylation sites (N-methyl/N-ethyl adjacent to an activating group) is 1. The van der Waals surface area contributed by atoms with Gasteiger partial charge in [0.15, 0.2) is 5.84 Å². The Kier molecular flexibility index (Phi) is 6.13. The molecule has 1 aromatic rings. The van der Waals surface area contributed by atoms with Crippen molar-refractivity contribution in [3.8, 4) is 0 Å². The highest BCUT2D eigenvalue weighted by Gasteiger charge is 2.74. The van der Waals surface area contributed by atoms with E-state index in [0.717, 1.165) is 24.1 Å². The molecule has 4 rings (SSSR count).